The van der Waals surface area contributed by atoms with Crippen molar-refractivity contribution in [2.24, 2.45) is 0 Å². The van der Waals surface area contributed by atoms with Crippen LogP contribution in [0.15, 0.2) is 24.0 Å². The lowest BCUT2D eigenvalue weighted by atomic mass is 9.78. The molecule has 0 atom stereocenters. The number of phenols is 2. The Kier molecular flexibility index (Phi) is 3.12. The summed E-state index contributed by atoms with van der Waals surface area (Å²) in [5.74, 6) is -1.61. The number of aliphatic hydroxyl groups excluding tert-OH is 1. The second-order valence-corrected chi connectivity index (χ2v) is 6.02. The van der Waals surface area contributed by atoms with E-state index in [1.165, 1.54) is 19.3 Å². The molecule has 0 radical (unpaired) electrons. The van der Waals surface area contributed by atoms with E-state index in [-0.39, 0.29) is 57.9 Å². The number of rotatable bonds is 1. The van der Waals surface area contributed by atoms with Crippen molar-refractivity contribution in [2.45, 2.75) is 12.8 Å². The molecule has 0 aromatic heterocycles. The van der Waals surface area contributed by atoms with Gasteiger partial charge in [-0.05, 0) is 18.6 Å². The minimum absolute atomic E-state index is 0.0406. The number of benzene rings is 2. The molecule has 2 aliphatic carbocycles. The first-order chi connectivity index (χ1) is 12.0. The molecule has 2 aromatic rings. The van der Waals surface area contributed by atoms with Gasteiger partial charge in [-0.2, -0.15) is 0 Å². The fraction of sp³-hybridized carbons (Fsp3) is 0.158. The number of carbonyl (C=O) groups is 2. The van der Waals surface area contributed by atoms with Gasteiger partial charge in [-0.25, -0.2) is 0 Å². The Bertz CT molecular complexity index is 1000. The Balaban J connectivity index is 2.09. The van der Waals surface area contributed by atoms with Crippen LogP contribution in [-0.2, 0) is 6.42 Å². The van der Waals surface area contributed by atoms with Crippen LogP contribution in [-0.4, -0.2) is 34.0 Å². The molecule has 2 aliphatic rings. The maximum atomic E-state index is 13.0. The normalized spacial score (nSPS) is 15.2. The van der Waals surface area contributed by atoms with Crippen molar-refractivity contribution in [3.63, 3.8) is 0 Å². The van der Waals surface area contributed by atoms with Gasteiger partial charge in [0.2, 0.25) is 5.78 Å². The van der Waals surface area contributed by atoms with Crippen molar-refractivity contribution >= 4 is 17.6 Å². The third-order valence-electron chi connectivity index (χ3n) is 4.70. The number of hydrogen-bond donors (Lipinski definition) is 3. The Morgan fingerprint density at radius 1 is 0.920 bits per heavy atom. The molecule has 6 nitrogen and oxygen atoms in total. The van der Waals surface area contributed by atoms with E-state index in [0.29, 0.717) is 5.56 Å². The Morgan fingerprint density at radius 2 is 1.64 bits per heavy atom. The largest absolute Gasteiger partial charge is 0.512 e. The van der Waals surface area contributed by atoms with Crippen LogP contribution in [0, 0.1) is 0 Å². The van der Waals surface area contributed by atoms with E-state index in [9.17, 15) is 24.9 Å². The molecule has 126 valence electrons. The van der Waals surface area contributed by atoms with Gasteiger partial charge in [0.1, 0.15) is 17.2 Å². The molecule has 0 bridgehead atoms. The maximum Gasteiger partial charge on any atom is 0.202 e. The average molecular weight is 338 g/mol. The monoisotopic (exact) mass is 338 g/mol. The third kappa shape index (κ3) is 1.91. The van der Waals surface area contributed by atoms with Crippen molar-refractivity contribution in [3.8, 4) is 17.2 Å². The molecule has 0 fully saturated rings. The first-order valence-electron chi connectivity index (χ1n) is 7.72. The summed E-state index contributed by atoms with van der Waals surface area (Å²) in [6, 6.07) is 4.62. The molecular weight excluding hydrogens is 324 g/mol. The van der Waals surface area contributed by atoms with Gasteiger partial charge >= 0.3 is 0 Å². The SMILES string of the molecule is COc1cccc2c1C(=O)c1c(O)c3c(c(O)c1C2=O)C=C(O)CC3. The zero-order valence-corrected chi connectivity index (χ0v) is 13.3. The van der Waals surface area contributed by atoms with Crippen LogP contribution in [0.5, 0.6) is 17.2 Å². The summed E-state index contributed by atoms with van der Waals surface area (Å²) in [7, 11) is 1.39. The van der Waals surface area contributed by atoms with Crippen molar-refractivity contribution in [2.75, 3.05) is 7.11 Å². The Labute approximate surface area is 142 Å². The number of methoxy groups -OCH3 is 1. The lowest BCUT2D eigenvalue weighted by Gasteiger charge is -2.25. The summed E-state index contributed by atoms with van der Waals surface area (Å²) in [4.78, 5) is 25.9. The first-order valence-corrected chi connectivity index (χ1v) is 7.72. The van der Waals surface area contributed by atoms with E-state index in [0.717, 1.165) is 0 Å². The topological polar surface area (TPSA) is 104 Å². The summed E-state index contributed by atoms with van der Waals surface area (Å²) < 4.78 is 5.18. The molecule has 0 unspecified atom stereocenters. The van der Waals surface area contributed by atoms with Crippen molar-refractivity contribution in [1.82, 2.24) is 0 Å². The quantitative estimate of drug-likeness (QED) is 0.589. The number of aliphatic hydroxyl groups is 1. The van der Waals surface area contributed by atoms with Crippen molar-refractivity contribution in [1.29, 1.82) is 0 Å². The summed E-state index contributed by atoms with van der Waals surface area (Å²) in [5, 5.41) is 30.9. The van der Waals surface area contributed by atoms with Gasteiger partial charge in [0, 0.05) is 23.1 Å². The van der Waals surface area contributed by atoms with E-state index in [1.54, 1.807) is 12.1 Å². The highest BCUT2D eigenvalue weighted by Crippen LogP contribution is 2.46. The number of allylic oxidation sites excluding steroid dienone is 1. The Morgan fingerprint density at radius 3 is 2.36 bits per heavy atom. The first kappa shape index (κ1) is 15.3. The number of aromatic hydroxyl groups is 2. The summed E-state index contributed by atoms with van der Waals surface area (Å²) in [6.45, 7) is 0. The third-order valence-corrected chi connectivity index (χ3v) is 4.70. The fourth-order valence-corrected chi connectivity index (χ4v) is 3.52. The molecule has 2 aromatic carbocycles. The van der Waals surface area contributed by atoms with Gasteiger partial charge in [0.05, 0.1) is 29.6 Å². The standard InChI is InChI=1S/C19H14O6/c1-25-12-4-2-3-10-13(12)19(24)15-14(17(10)22)18(23)11-7-8(20)5-6-9(11)16(15)21/h2-4,7,20-21,23H,5-6H2,1H3. The van der Waals surface area contributed by atoms with Crippen LogP contribution in [0.25, 0.3) is 6.08 Å². The number of ether oxygens (including phenoxy) is 1. The molecule has 0 saturated carbocycles. The number of fused-ring (bicyclic) bond motifs is 3. The van der Waals surface area contributed by atoms with Crippen LogP contribution < -0.4 is 4.74 Å². The van der Waals surface area contributed by atoms with Gasteiger partial charge in [-0.1, -0.05) is 12.1 Å². The van der Waals surface area contributed by atoms with Crippen LogP contribution in [0.2, 0.25) is 0 Å². The molecule has 4 rings (SSSR count). The van der Waals surface area contributed by atoms with Crippen LogP contribution in [0.3, 0.4) is 0 Å². The summed E-state index contributed by atoms with van der Waals surface area (Å²) in [5.41, 5.74) is 0.240. The molecule has 6 heteroatoms. The summed E-state index contributed by atoms with van der Waals surface area (Å²) >= 11 is 0. The van der Waals surface area contributed by atoms with E-state index < -0.39 is 17.3 Å². The molecule has 0 spiro atoms. The fourth-order valence-electron chi connectivity index (χ4n) is 3.52. The second kappa shape index (κ2) is 5.11. The second-order valence-electron chi connectivity index (χ2n) is 6.02. The van der Waals surface area contributed by atoms with Gasteiger partial charge in [-0.15, -0.1) is 0 Å². The highest BCUT2D eigenvalue weighted by molar-refractivity contribution is 6.31. The van der Waals surface area contributed by atoms with Crippen LogP contribution in [0.4, 0.5) is 0 Å². The van der Waals surface area contributed by atoms with E-state index in [1.807, 2.05) is 0 Å². The molecule has 3 N–H and O–H groups in total. The Hall–Kier alpha value is -3.28. The zero-order chi connectivity index (χ0) is 17.9. The van der Waals surface area contributed by atoms with E-state index in [4.69, 9.17) is 4.74 Å². The lowest BCUT2D eigenvalue weighted by Crippen LogP contribution is -2.23. The van der Waals surface area contributed by atoms with Crippen molar-refractivity contribution in [3.05, 3.63) is 57.3 Å². The smallest absolute Gasteiger partial charge is 0.202 e. The molecule has 0 heterocycles. The zero-order valence-electron chi connectivity index (χ0n) is 13.3. The minimum Gasteiger partial charge on any atom is -0.512 e. The number of ketones is 2. The van der Waals surface area contributed by atoms with Gasteiger partial charge in [-0.3, -0.25) is 9.59 Å². The predicted molar refractivity (Wildman–Crippen MR) is 88.6 cm³/mol. The van der Waals surface area contributed by atoms with Gasteiger partial charge in [0.15, 0.2) is 5.78 Å². The molecule has 0 aliphatic heterocycles. The number of carbonyl (C=O) groups excluding carboxylic acids is 2. The highest BCUT2D eigenvalue weighted by atomic mass is 16.5. The highest BCUT2D eigenvalue weighted by Gasteiger charge is 2.39. The molecule has 0 saturated heterocycles. The number of hydrogen-bond acceptors (Lipinski definition) is 6. The minimum atomic E-state index is -0.573. The maximum absolute atomic E-state index is 13.0. The number of phenolic OH excluding ortho intramolecular Hbond substituents is 2. The van der Waals surface area contributed by atoms with Crippen molar-refractivity contribution < 1.29 is 29.6 Å². The van der Waals surface area contributed by atoms with Gasteiger partial charge in [0.25, 0.3) is 0 Å². The van der Waals surface area contributed by atoms with Crippen LogP contribution in [0.1, 0.15) is 49.4 Å². The average Bonchev–Trinajstić information content (AvgIpc) is 2.61. The molecule has 25 heavy (non-hydrogen) atoms. The van der Waals surface area contributed by atoms with E-state index >= 15 is 0 Å². The van der Waals surface area contributed by atoms with Gasteiger partial charge < -0.3 is 20.1 Å². The van der Waals surface area contributed by atoms with Crippen LogP contribution >= 0.6 is 0 Å². The molecule has 0 amide bonds. The van der Waals surface area contributed by atoms with E-state index in [2.05, 4.69) is 0 Å². The predicted octanol–water partition coefficient (Wildman–Crippen LogP) is 2.73. The molecular formula is C19H14O6. The lowest BCUT2D eigenvalue weighted by molar-refractivity contribution is 0.0971. The summed E-state index contributed by atoms with van der Waals surface area (Å²) in [6.07, 6.45) is 1.85.